The fourth-order valence-electron chi connectivity index (χ4n) is 5.28. The highest BCUT2D eigenvalue weighted by molar-refractivity contribution is 5.68. The lowest BCUT2D eigenvalue weighted by Gasteiger charge is -2.32. The minimum atomic E-state index is -0.198. The molecule has 2 aliphatic rings. The summed E-state index contributed by atoms with van der Waals surface area (Å²) in [6.07, 6.45) is 4.96. The number of benzene rings is 1. The fraction of sp³-hybridized carbons (Fsp3) is 0.409. The van der Waals surface area contributed by atoms with Gasteiger partial charge >= 0.3 is 0 Å². The van der Waals surface area contributed by atoms with E-state index in [-0.39, 0.29) is 23.8 Å². The van der Waals surface area contributed by atoms with E-state index in [0.29, 0.717) is 34.8 Å². The van der Waals surface area contributed by atoms with Crippen molar-refractivity contribution in [1.29, 1.82) is 0 Å². The lowest BCUT2D eigenvalue weighted by atomic mass is 9.93. The van der Waals surface area contributed by atoms with Crippen molar-refractivity contribution in [2.45, 2.75) is 38.3 Å². The highest BCUT2D eigenvalue weighted by Gasteiger charge is 2.47. The van der Waals surface area contributed by atoms with E-state index in [0.717, 1.165) is 30.6 Å². The summed E-state index contributed by atoms with van der Waals surface area (Å²) in [5, 5.41) is 4.22. The number of aryl methyl sites for hydroxylation is 2. The molecule has 0 spiro atoms. The van der Waals surface area contributed by atoms with E-state index in [9.17, 15) is 9.18 Å². The summed E-state index contributed by atoms with van der Waals surface area (Å²) >= 11 is 0. The van der Waals surface area contributed by atoms with E-state index in [2.05, 4.69) is 25.0 Å². The average molecular weight is 435 g/mol. The quantitative estimate of drug-likeness (QED) is 0.486. The fourth-order valence-corrected chi connectivity index (χ4v) is 5.28. The Morgan fingerprint density at radius 3 is 2.81 bits per heavy atom. The Hall–Kier alpha value is -3.56. The third-order valence-electron chi connectivity index (χ3n) is 6.72. The third-order valence-corrected chi connectivity index (χ3v) is 6.72. The van der Waals surface area contributed by atoms with Crippen molar-refractivity contribution >= 4 is 16.9 Å². The van der Waals surface area contributed by atoms with Crippen molar-refractivity contribution in [2.75, 3.05) is 11.4 Å². The van der Waals surface area contributed by atoms with Crippen molar-refractivity contribution < 1.29 is 8.91 Å². The second-order valence-electron chi connectivity index (χ2n) is 8.88. The first-order valence-electron chi connectivity index (χ1n) is 10.7. The molecule has 2 bridgehead atoms. The normalized spacial score (nSPS) is 22.3. The number of aromatic nitrogens is 6. The van der Waals surface area contributed by atoms with Crippen molar-refractivity contribution in [3.63, 3.8) is 0 Å². The van der Waals surface area contributed by atoms with Crippen LogP contribution in [0.4, 0.5) is 10.1 Å². The van der Waals surface area contributed by atoms with Crippen LogP contribution in [0.15, 0.2) is 40.2 Å². The van der Waals surface area contributed by atoms with Gasteiger partial charge in [-0.2, -0.15) is 4.98 Å². The maximum absolute atomic E-state index is 13.9. The number of hydrogen-bond acceptors (Lipinski definition) is 7. The number of hydrogen-bond donors (Lipinski definition) is 0. The predicted octanol–water partition coefficient (Wildman–Crippen LogP) is 2.39. The Morgan fingerprint density at radius 1 is 1.19 bits per heavy atom. The summed E-state index contributed by atoms with van der Waals surface area (Å²) in [4.78, 5) is 28.0. The molecule has 1 aliphatic carbocycles. The third kappa shape index (κ3) is 3.01. The molecule has 6 rings (SSSR count). The molecule has 164 valence electrons. The van der Waals surface area contributed by atoms with Crippen molar-refractivity contribution in [3.8, 4) is 0 Å². The van der Waals surface area contributed by atoms with Crippen LogP contribution in [0.25, 0.3) is 11.2 Å². The van der Waals surface area contributed by atoms with Crippen molar-refractivity contribution in [2.24, 2.45) is 13.0 Å². The van der Waals surface area contributed by atoms with E-state index >= 15 is 0 Å². The van der Waals surface area contributed by atoms with E-state index in [1.54, 1.807) is 30.1 Å². The largest absolute Gasteiger partial charge is 0.368 e. The molecule has 32 heavy (non-hydrogen) atoms. The Kier molecular flexibility index (Phi) is 4.17. The lowest BCUT2D eigenvalue weighted by molar-refractivity contribution is 0.353. The predicted molar refractivity (Wildman–Crippen MR) is 114 cm³/mol. The van der Waals surface area contributed by atoms with Gasteiger partial charge < -0.3 is 14.0 Å². The molecule has 3 atom stereocenters. The van der Waals surface area contributed by atoms with Gasteiger partial charge in [0.05, 0.1) is 6.33 Å². The van der Waals surface area contributed by atoms with Gasteiger partial charge in [0, 0.05) is 31.2 Å². The van der Waals surface area contributed by atoms with Gasteiger partial charge in [0.2, 0.25) is 5.89 Å². The second kappa shape index (κ2) is 6.98. The second-order valence-corrected chi connectivity index (χ2v) is 8.88. The Bertz CT molecular complexity index is 1370. The van der Waals surface area contributed by atoms with Crippen LogP contribution in [-0.2, 0) is 13.6 Å². The van der Waals surface area contributed by atoms with Gasteiger partial charge in [0.15, 0.2) is 17.0 Å². The maximum Gasteiger partial charge on any atom is 0.280 e. The molecule has 2 unspecified atom stereocenters. The van der Waals surface area contributed by atoms with Gasteiger partial charge in [0.1, 0.15) is 18.7 Å². The van der Waals surface area contributed by atoms with Crippen LogP contribution in [0, 0.1) is 18.7 Å². The number of imidazole rings is 1. The highest BCUT2D eigenvalue weighted by Crippen LogP contribution is 2.48. The molecule has 2 fully saturated rings. The van der Waals surface area contributed by atoms with Gasteiger partial charge in [0.25, 0.3) is 5.56 Å². The molecule has 1 saturated carbocycles. The molecule has 0 radical (unpaired) electrons. The molecule has 3 aromatic heterocycles. The first-order chi connectivity index (χ1) is 15.5. The summed E-state index contributed by atoms with van der Waals surface area (Å²) in [6, 6.07) is 5.54. The first kappa shape index (κ1) is 19.1. The smallest absolute Gasteiger partial charge is 0.280 e. The number of rotatable bonds is 4. The molecular formula is C22H22FN7O2. The Morgan fingerprint density at radius 2 is 2.03 bits per heavy atom. The molecule has 1 aromatic carbocycles. The highest BCUT2D eigenvalue weighted by atomic mass is 19.1. The summed E-state index contributed by atoms with van der Waals surface area (Å²) in [5.41, 5.74) is 2.53. The van der Waals surface area contributed by atoms with Crippen LogP contribution in [0.2, 0.25) is 0 Å². The minimum absolute atomic E-state index is 0.162. The summed E-state index contributed by atoms with van der Waals surface area (Å²) < 4.78 is 22.5. The zero-order valence-corrected chi connectivity index (χ0v) is 17.8. The minimum Gasteiger partial charge on any atom is -0.368 e. The zero-order valence-electron chi connectivity index (χ0n) is 17.8. The molecule has 0 N–H and O–H groups in total. The van der Waals surface area contributed by atoms with E-state index in [4.69, 9.17) is 4.52 Å². The van der Waals surface area contributed by atoms with Crippen molar-refractivity contribution in [3.05, 3.63) is 64.3 Å². The van der Waals surface area contributed by atoms with E-state index in [1.165, 1.54) is 10.9 Å². The summed E-state index contributed by atoms with van der Waals surface area (Å²) in [6.45, 7) is 2.93. The molecule has 1 aliphatic heterocycles. The summed E-state index contributed by atoms with van der Waals surface area (Å²) in [5.74, 6) is 1.47. The first-order valence-corrected chi connectivity index (χ1v) is 10.7. The Labute approximate surface area is 182 Å². The van der Waals surface area contributed by atoms with Crippen LogP contribution in [0.1, 0.15) is 36.0 Å². The molecule has 4 aromatic rings. The van der Waals surface area contributed by atoms with Crippen LogP contribution in [-0.4, -0.2) is 41.8 Å². The lowest BCUT2D eigenvalue weighted by Crippen LogP contribution is -2.35. The molecule has 0 amide bonds. The molecule has 10 heteroatoms. The average Bonchev–Trinajstić information content (AvgIpc) is 3.53. The molecule has 4 heterocycles. The molecule has 9 nitrogen and oxygen atoms in total. The Balaban J connectivity index is 1.20. The number of anilines is 1. The van der Waals surface area contributed by atoms with E-state index in [1.807, 2.05) is 13.0 Å². The van der Waals surface area contributed by atoms with Crippen molar-refractivity contribution in [1.82, 2.24) is 29.2 Å². The van der Waals surface area contributed by atoms with Gasteiger partial charge in [-0.1, -0.05) is 5.16 Å². The van der Waals surface area contributed by atoms with Crippen LogP contribution in [0.3, 0.4) is 0 Å². The van der Waals surface area contributed by atoms with Crippen LogP contribution in [0.5, 0.6) is 0 Å². The summed E-state index contributed by atoms with van der Waals surface area (Å²) in [7, 11) is 1.76. The van der Waals surface area contributed by atoms with E-state index < -0.39 is 0 Å². The van der Waals surface area contributed by atoms with Crippen LogP contribution < -0.4 is 10.5 Å². The number of halogens is 1. The van der Waals surface area contributed by atoms with Gasteiger partial charge in [-0.15, -0.1) is 0 Å². The van der Waals surface area contributed by atoms with Gasteiger partial charge in [-0.3, -0.25) is 9.36 Å². The number of nitrogens with zero attached hydrogens (tertiary/aromatic N) is 7. The monoisotopic (exact) mass is 435 g/mol. The molecule has 1 saturated heterocycles. The van der Waals surface area contributed by atoms with Gasteiger partial charge in [-0.05, 0) is 49.4 Å². The number of piperidine rings is 1. The topological polar surface area (TPSA) is 94.9 Å². The zero-order chi connectivity index (χ0) is 22.0. The van der Waals surface area contributed by atoms with Gasteiger partial charge in [-0.25, -0.2) is 14.4 Å². The number of fused-ring (bicyclic) bond motifs is 3. The SMILES string of the molecule is Cc1cc(F)cc(N2C[C@H]3CC2CC3c2noc(Cn3cnc4ncn(C)c4c3=O)n2)c1. The standard InChI is InChI=1S/C22H22FN7O2/c1-12-3-14(23)6-15(4-12)30-8-13-5-16(30)7-17(13)20-26-18(32-27-20)9-29-11-25-21-19(22(29)31)28(2)10-24-21/h3-4,6,10-11,13,16-17H,5,7-9H2,1-2H3/t13-,16?,17?/m1/s1. The molecular weight excluding hydrogens is 413 g/mol. The van der Waals surface area contributed by atoms with Crippen LogP contribution >= 0.6 is 0 Å². The maximum atomic E-state index is 13.9.